The molecule has 3 aromatic carbocycles. The molecule has 12 heteroatoms. The van der Waals surface area contributed by atoms with E-state index in [9.17, 15) is 14.9 Å². The van der Waals surface area contributed by atoms with Crippen molar-refractivity contribution >= 4 is 56.4 Å². The number of anilines is 1. The topological polar surface area (TPSA) is 109 Å². The predicted molar refractivity (Wildman–Crippen MR) is 139 cm³/mol. The number of nitro benzene ring substituents is 1. The first-order valence-corrected chi connectivity index (χ1v) is 11.9. The first kappa shape index (κ1) is 25.5. The summed E-state index contributed by atoms with van der Waals surface area (Å²) in [6.07, 6.45) is 1.56. The highest BCUT2D eigenvalue weighted by Gasteiger charge is 2.16. The summed E-state index contributed by atoms with van der Waals surface area (Å²) in [5.41, 5.74) is 0.791. The highest BCUT2D eigenvalue weighted by molar-refractivity contribution is 9.10. The largest absolute Gasteiger partial charge is 0.470 e. The Labute approximate surface area is 223 Å². The molecule has 0 saturated heterocycles. The van der Waals surface area contributed by atoms with Crippen molar-refractivity contribution in [2.45, 2.75) is 13.7 Å². The van der Waals surface area contributed by atoms with Crippen LogP contribution in [-0.4, -0.2) is 20.6 Å². The first-order chi connectivity index (χ1) is 17.2. The van der Waals surface area contributed by atoms with Crippen LogP contribution in [0, 0.1) is 17.0 Å². The van der Waals surface area contributed by atoms with Crippen molar-refractivity contribution in [1.29, 1.82) is 0 Å². The zero-order valence-electron chi connectivity index (χ0n) is 18.6. The van der Waals surface area contributed by atoms with Crippen LogP contribution >= 0.6 is 39.1 Å². The molecular formula is C24H17BrCl2N4O5. The summed E-state index contributed by atoms with van der Waals surface area (Å²) in [5, 5.41) is 19.2. The standard InChI is InChI=1S/C24H17BrCl2N4O5/c1-14-8-18(3-4-20(14)26)36-19-11-16(10-17(12-19)31(33)34)28-24(32)22-6-7-30(29-22)13-35-23-5-2-15(25)9-21(23)27/h2-12H,13H2,1H3,(H,28,32). The van der Waals surface area contributed by atoms with Crippen LogP contribution in [0.5, 0.6) is 17.2 Å². The molecule has 0 aliphatic rings. The van der Waals surface area contributed by atoms with E-state index in [4.69, 9.17) is 32.7 Å². The second-order valence-electron chi connectivity index (χ2n) is 7.53. The molecule has 1 amide bonds. The van der Waals surface area contributed by atoms with Crippen molar-refractivity contribution in [1.82, 2.24) is 9.78 Å². The van der Waals surface area contributed by atoms with E-state index in [1.165, 1.54) is 28.9 Å². The average molecular weight is 592 g/mol. The molecule has 0 bridgehead atoms. The molecule has 1 heterocycles. The minimum Gasteiger partial charge on any atom is -0.470 e. The summed E-state index contributed by atoms with van der Waals surface area (Å²) in [6, 6.07) is 15.7. The lowest BCUT2D eigenvalue weighted by atomic mass is 10.2. The lowest BCUT2D eigenvalue weighted by molar-refractivity contribution is -0.384. The smallest absolute Gasteiger partial charge is 0.276 e. The number of carbonyl (C=O) groups is 1. The van der Waals surface area contributed by atoms with Gasteiger partial charge in [0.25, 0.3) is 11.6 Å². The zero-order valence-corrected chi connectivity index (χ0v) is 21.7. The maximum absolute atomic E-state index is 12.7. The number of halogens is 3. The molecule has 0 fully saturated rings. The molecule has 0 aliphatic carbocycles. The number of aryl methyl sites for hydroxylation is 1. The Hall–Kier alpha value is -3.60. The minimum atomic E-state index is -0.574. The first-order valence-electron chi connectivity index (χ1n) is 10.3. The molecular weight excluding hydrogens is 575 g/mol. The quantitative estimate of drug-likeness (QED) is 0.171. The lowest BCUT2D eigenvalue weighted by Gasteiger charge is -2.10. The molecule has 1 aromatic heterocycles. The molecule has 0 spiro atoms. The van der Waals surface area contributed by atoms with Crippen LogP contribution in [0.25, 0.3) is 0 Å². The van der Waals surface area contributed by atoms with Gasteiger partial charge in [-0.3, -0.25) is 14.9 Å². The number of nitro groups is 1. The van der Waals surface area contributed by atoms with E-state index in [-0.39, 0.29) is 29.5 Å². The van der Waals surface area contributed by atoms with Crippen molar-refractivity contribution in [2.75, 3.05) is 5.32 Å². The van der Waals surface area contributed by atoms with E-state index in [1.54, 1.807) is 42.6 Å². The van der Waals surface area contributed by atoms with Crippen molar-refractivity contribution in [3.05, 3.63) is 103 Å². The molecule has 4 rings (SSSR count). The maximum atomic E-state index is 12.7. The Balaban J connectivity index is 1.47. The van der Waals surface area contributed by atoms with E-state index in [0.29, 0.717) is 21.5 Å². The number of aromatic nitrogens is 2. The van der Waals surface area contributed by atoms with E-state index in [0.717, 1.165) is 10.0 Å². The van der Waals surface area contributed by atoms with Crippen LogP contribution in [0.2, 0.25) is 10.0 Å². The lowest BCUT2D eigenvalue weighted by Crippen LogP contribution is -2.14. The number of benzene rings is 3. The van der Waals surface area contributed by atoms with Gasteiger partial charge in [0, 0.05) is 27.8 Å². The number of nitrogens with zero attached hydrogens (tertiary/aromatic N) is 3. The summed E-state index contributed by atoms with van der Waals surface area (Å²) >= 11 is 15.5. The number of non-ortho nitro benzene ring substituents is 1. The van der Waals surface area contributed by atoms with Gasteiger partial charge >= 0.3 is 0 Å². The normalized spacial score (nSPS) is 10.7. The SMILES string of the molecule is Cc1cc(Oc2cc(NC(=O)c3ccn(COc4ccc(Br)cc4Cl)n3)cc([N+](=O)[O-])c2)ccc1Cl. The number of hydrogen-bond acceptors (Lipinski definition) is 6. The summed E-state index contributed by atoms with van der Waals surface area (Å²) in [6.45, 7) is 1.83. The van der Waals surface area contributed by atoms with Gasteiger partial charge in [0.05, 0.1) is 21.7 Å². The molecule has 184 valence electrons. The van der Waals surface area contributed by atoms with Crippen LogP contribution in [0.1, 0.15) is 16.1 Å². The number of amides is 1. The predicted octanol–water partition coefficient (Wildman–Crippen LogP) is 7.25. The second-order valence-corrected chi connectivity index (χ2v) is 9.26. The molecule has 1 N–H and O–H groups in total. The van der Waals surface area contributed by atoms with Crippen LogP contribution in [0.15, 0.2) is 71.3 Å². The average Bonchev–Trinajstić information content (AvgIpc) is 3.30. The molecule has 0 unspecified atom stereocenters. The number of carbonyl (C=O) groups excluding carboxylic acids is 1. The third kappa shape index (κ3) is 6.34. The molecule has 0 atom stereocenters. The van der Waals surface area contributed by atoms with Crippen LogP contribution in [0.3, 0.4) is 0 Å². The Morgan fingerprint density at radius 3 is 2.61 bits per heavy atom. The number of rotatable bonds is 8. The minimum absolute atomic E-state index is 0.0178. The van der Waals surface area contributed by atoms with Gasteiger partial charge < -0.3 is 14.8 Å². The fourth-order valence-corrected chi connectivity index (χ4v) is 3.96. The Morgan fingerprint density at radius 2 is 1.89 bits per heavy atom. The summed E-state index contributed by atoms with van der Waals surface area (Å²) in [4.78, 5) is 23.6. The molecule has 4 aromatic rings. The van der Waals surface area contributed by atoms with E-state index < -0.39 is 10.8 Å². The van der Waals surface area contributed by atoms with Crippen LogP contribution < -0.4 is 14.8 Å². The number of nitrogens with one attached hydrogen (secondary N) is 1. The van der Waals surface area contributed by atoms with E-state index >= 15 is 0 Å². The fraction of sp³-hybridized carbons (Fsp3) is 0.0833. The summed E-state index contributed by atoms with van der Waals surface area (Å²) in [7, 11) is 0. The number of hydrogen-bond donors (Lipinski definition) is 1. The van der Waals surface area contributed by atoms with Gasteiger partial charge in [-0.05, 0) is 55.0 Å². The fourth-order valence-electron chi connectivity index (χ4n) is 3.11. The molecule has 36 heavy (non-hydrogen) atoms. The molecule has 0 aliphatic heterocycles. The monoisotopic (exact) mass is 590 g/mol. The maximum Gasteiger partial charge on any atom is 0.276 e. The third-order valence-electron chi connectivity index (χ3n) is 4.84. The van der Waals surface area contributed by atoms with Crippen molar-refractivity contribution in [2.24, 2.45) is 0 Å². The van der Waals surface area contributed by atoms with Gasteiger partial charge in [-0.2, -0.15) is 5.10 Å². The van der Waals surface area contributed by atoms with E-state index in [1.807, 2.05) is 6.92 Å². The van der Waals surface area contributed by atoms with Gasteiger partial charge in [0.15, 0.2) is 12.4 Å². The highest BCUT2D eigenvalue weighted by Crippen LogP contribution is 2.32. The Bertz CT molecular complexity index is 1460. The summed E-state index contributed by atoms with van der Waals surface area (Å²) in [5.74, 6) is 0.511. The van der Waals surface area contributed by atoms with Gasteiger partial charge in [-0.15, -0.1) is 0 Å². The molecule has 9 nitrogen and oxygen atoms in total. The Morgan fingerprint density at radius 1 is 1.08 bits per heavy atom. The van der Waals surface area contributed by atoms with Gasteiger partial charge in [-0.1, -0.05) is 39.1 Å². The highest BCUT2D eigenvalue weighted by atomic mass is 79.9. The van der Waals surface area contributed by atoms with Crippen molar-refractivity contribution in [3.8, 4) is 17.2 Å². The zero-order chi connectivity index (χ0) is 25.8. The number of ether oxygens (including phenoxy) is 2. The van der Waals surface area contributed by atoms with Gasteiger partial charge in [-0.25, -0.2) is 4.68 Å². The van der Waals surface area contributed by atoms with Crippen LogP contribution in [-0.2, 0) is 6.73 Å². The van der Waals surface area contributed by atoms with Crippen molar-refractivity contribution < 1.29 is 19.2 Å². The van der Waals surface area contributed by atoms with Crippen molar-refractivity contribution in [3.63, 3.8) is 0 Å². The molecule has 0 saturated carbocycles. The van der Waals surface area contributed by atoms with Gasteiger partial charge in [0.1, 0.15) is 17.2 Å². The third-order valence-corrected chi connectivity index (χ3v) is 6.06. The Kier molecular flexibility index (Phi) is 7.78. The van der Waals surface area contributed by atoms with E-state index in [2.05, 4.69) is 26.3 Å². The summed E-state index contributed by atoms with van der Waals surface area (Å²) < 4.78 is 13.6. The molecule has 0 radical (unpaired) electrons. The van der Waals surface area contributed by atoms with Gasteiger partial charge in [0.2, 0.25) is 0 Å². The van der Waals surface area contributed by atoms with Crippen LogP contribution in [0.4, 0.5) is 11.4 Å². The second kappa shape index (κ2) is 11.0.